The Kier molecular flexibility index (Phi) is 7.13. The van der Waals surface area contributed by atoms with Crippen molar-refractivity contribution in [2.45, 2.75) is 59.2 Å². The molecule has 1 aliphatic heterocycles. The number of fused-ring (bicyclic) bond motifs is 1. The van der Waals surface area contributed by atoms with Gasteiger partial charge in [0.2, 0.25) is 11.9 Å². The zero-order valence-electron chi connectivity index (χ0n) is 18.4. The molecule has 0 atom stereocenters. The van der Waals surface area contributed by atoms with Crippen molar-refractivity contribution in [2.75, 3.05) is 29.5 Å². The lowest BCUT2D eigenvalue weighted by Crippen LogP contribution is -2.45. The molecular weight excluding hydrogens is 416 g/mol. The quantitative estimate of drug-likeness (QED) is 0.407. The van der Waals surface area contributed by atoms with Crippen molar-refractivity contribution < 1.29 is 4.79 Å². The number of carbonyl (C=O) groups excluding carboxylic acids is 1. The van der Waals surface area contributed by atoms with Gasteiger partial charge in [0.25, 0.3) is 11.1 Å². The van der Waals surface area contributed by atoms with E-state index in [1.54, 1.807) is 4.90 Å². The number of nitrogen functional groups attached to an aromatic ring is 2. The van der Waals surface area contributed by atoms with Gasteiger partial charge >= 0.3 is 5.69 Å². The average molecular weight is 447 g/mol. The number of anilines is 3. The Morgan fingerprint density at radius 1 is 1.06 bits per heavy atom. The molecule has 12 heteroatoms. The molecule has 0 fully saturated rings. The Bertz CT molecular complexity index is 1170. The number of hydrogen-bond donors (Lipinski definition) is 4. The van der Waals surface area contributed by atoms with E-state index in [1.165, 1.54) is 9.47 Å². The topological polar surface area (TPSA) is 176 Å². The zero-order valence-corrected chi connectivity index (χ0v) is 18.4. The van der Waals surface area contributed by atoms with Crippen molar-refractivity contribution in [2.24, 2.45) is 0 Å². The molecule has 2 aromatic heterocycles. The van der Waals surface area contributed by atoms with E-state index in [9.17, 15) is 19.2 Å². The lowest BCUT2D eigenvalue weighted by atomic mass is 10.2. The molecule has 6 N–H and O–H groups in total. The molecule has 0 aromatic carbocycles. The van der Waals surface area contributed by atoms with Gasteiger partial charge in [-0.25, -0.2) is 9.78 Å². The van der Waals surface area contributed by atoms with Crippen molar-refractivity contribution in [1.29, 1.82) is 0 Å². The van der Waals surface area contributed by atoms with Crippen LogP contribution in [0.3, 0.4) is 0 Å². The normalized spacial score (nSPS) is 13.3. The summed E-state index contributed by atoms with van der Waals surface area (Å²) in [4.78, 5) is 62.3. The highest BCUT2D eigenvalue weighted by atomic mass is 16.2. The van der Waals surface area contributed by atoms with E-state index in [2.05, 4.69) is 15.0 Å². The predicted molar refractivity (Wildman–Crippen MR) is 121 cm³/mol. The third-order valence-electron chi connectivity index (χ3n) is 5.49. The van der Waals surface area contributed by atoms with Crippen LogP contribution < -0.4 is 33.2 Å². The second-order valence-electron chi connectivity index (χ2n) is 7.92. The molecule has 0 unspecified atom stereocenters. The highest BCUT2D eigenvalue weighted by Gasteiger charge is 2.29. The molecule has 0 aliphatic carbocycles. The fourth-order valence-corrected chi connectivity index (χ4v) is 3.79. The van der Waals surface area contributed by atoms with Gasteiger partial charge in [0.05, 0.1) is 17.8 Å². The van der Waals surface area contributed by atoms with Crippen molar-refractivity contribution >= 4 is 23.4 Å². The Morgan fingerprint density at radius 3 is 2.47 bits per heavy atom. The van der Waals surface area contributed by atoms with Gasteiger partial charge in [-0.15, -0.1) is 0 Å². The van der Waals surface area contributed by atoms with E-state index in [1.807, 2.05) is 13.8 Å². The Balaban J connectivity index is 1.90. The van der Waals surface area contributed by atoms with Crippen LogP contribution >= 0.6 is 0 Å². The number of hydrogen-bond acceptors (Lipinski definition) is 8. The Morgan fingerprint density at radius 2 is 1.78 bits per heavy atom. The van der Waals surface area contributed by atoms with E-state index in [0.29, 0.717) is 37.2 Å². The molecule has 1 aliphatic rings. The lowest BCUT2D eigenvalue weighted by molar-refractivity contribution is -0.119. The molecule has 0 radical (unpaired) electrons. The summed E-state index contributed by atoms with van der Waals surface area (Å²) < 4.78 is 1.30. The molecule has 1 amide bonds. The van der Waals surface area contributed by atoms with Crippen LogP contribution in [-0.2, 0) is 24.4 Å². The van der Waals surface area contributed by atoms with Crippen molar-refractivity contribution in [3.8, 4) is 0 Å². The SMILES string of the molecule is CCCCN(C(=O)CN1Cc2nc(N)[nH]c(=O)c2C1)c1c(N)n(CCCC)c(=O)[nH]c1=O. The molecule has 0 bridgehead atoms. The molecule has 174 valence electrons. The van der Waals surface area contributed by atoms with Gasteiger partial charge in [-0.1, -0.05) is 26.7 Å². The van der Waals surface area contributed by atoms with Crippen molar-refractivity contribution in [3.63, 3.8) is 0 Å². The summed E-state index contributed by atoms with van der Waals surface area (Å²) in [5.41, 5.74) is 11.2. The molecule has 2 aromatic rings. The maximum atomic E-state index is 13.3. The van der Waals surface area contributed by atoms with Gasteiger partial charge in [0.1, 0.15) is 5.82 Å². The minimum atomic E-state index is -0.694. The number of aromatic nitrogens is 4. The minimum Gasteiger partial charge on any atom is -0.383 e. The van der Waals surface area contributed by atoms with Crippen LogP contribution in [0.4, 0.5) is 17.5 Å². The first-order valence-electron chi connectivity index (χ1n) is 10.8. The molecule has 0 saturated carbocycles. The molecule has 3 heterocycles. The van der Waals surface area contributed by atoms with Gasteiger partial charge in [0, 0.05) is 26.2 Å². The summed E-state index contributed by atoms with van der Waals surface area (Å²) in [6.07, 6.45) is 2.99. The van der Waals surface area contributed by atoms with Crippen LogP contribution in [0.15, 0.2) is 14.4 Å². The number of aromatic amines is 2. The number of nitrogens with zero attached hydrogens (tertiary/aromatic N) is 4. The fraction of sp³-hybridized carbons (Fsp3) is 0.550. The third-order valence-corrected chi connectivity index (χ3v) is 5.49. The fourth-order valence-electron chi connectivity index (χ4n) is 3.79. The van der Waals surface area contributed by atoms with Gasteiger partial charge in [0.15, 0.2) is 5.69 Å². The van der Waals surface area contributed by atoms with Crippen LogP contribution in [-0.4, -0.2) is 43.4 Å². The minimum absolute atomic E-state index is 0.0175. The van der Waals surface area contributed by atoms with E-state index in [0.717, 1.165) is 12.8 Å². The van der Waals surface area contributed by atoms with Gasteiger partial charge in [-0.2, -0.15) is 0 Å². The van der Waals surface area contributed by atoms with Crippen LogP contribution in [0.2, 0.25) is 0 Å². The average Bonchev–Trinajstić information content (AvgIpc) is 3.12. The first-order chi connectivity index (χ1) is 15.3. The second kappa shape index (κ2) is 9.81. The number of nitrogens with one attached hydrogen (secondary N) is 2. The maximum Gasteiger partial charge on any atom is 0.330 e. The van der Waals surface area contributed by atoms with Gasteiger partial charge in [-0.05, 0) is 12.8 Å². The van der Waals surface area contributed by atoms with E-state index in [4.69, 9.17) is 11.5 Å². The van der Waals surface area contributed by atoms with E-state index in [-0.39, 0.29) is 48.6 Å². The third kappa shape index (κ3) is 4.74. The van der Waals surface area contributed by atoms with Crippen LogP contribution in [0, 0.1) is 0 Å². The van der Waals surface area contributed by atoms with Gasteiger partial charge in [-0.3, -0.25) is 33.8 Å². The zero-order chi connectivity index (χ0) is 23.4. The summed E-state index contributed by atoms with van der Waals surface area (Å²) >= 11 is 0. The lowest BCUT2D eigenvalue weighted by Gasteiger charge is -2.26. The first kappa shape index (κ1) is 23.3. The Labute approximate surface area is 184 Å². The molecule has 3 rings (SSSR count). The summed E-state index contributed by atoms with van der Waals surface area (Å²) in [6.45, 7) is 5.06. The van der Waals surface area contributed by atoms with E-state index < -0.39 is 11.2 Å². The Hall–Kier alpha value is -3.41. The van der Waals surface area contributed by atoms with Crippen LogP contribution in [0.5, 0.6) is 0 Å². The highest BCUT2D eigenvalue weighted by molar-refractivity contribution is 5.96. The van der Waals surface area contributed by atoms with Gasteiger partial charge < -0.3 is 16.4 Å². The first-order valence-corrected chi connectivity index (χ1v) is 10.8. The molecular formula is C20H30N8O4. The van der Waals surface area contributed by atoms with Crippen molar-refractivity contribution in [1.82, 2.24) is 24.4 Å². The number of nitrogens with two attached hydrogens (primary N) is 2. The number of unbranched alkanes of at least 4 members (excludes halogenated alkanes) is 2. The molecule has 0 spiro atoms. The number of rotatable bonds is 9. The number of carbonyl (C=O) groups is 1. The number of H-pyrrole nitrogens is 2. The summed E-state index contributed by atoms with van der Waals surface area (Å²) in [6, 6.07) is 0. The van der Waals surface area contributed by atoms with Crippen molar-refractivity contribution in [3.05, 3.63) is 42.4 Å². The molecule has 0 saturated heterocycles. The standard InChI is InChI=1S/C20H30N8O4/c1-3-5-7-27(15-16(21)28(8-6-4-2)20(32)25-18(15)31)14(29)11-26-9-12-13(10-26)23-19(22)24-17(12)30/h3-11,21H2,1-2H3,(H,25,31,32)(H3,22,23,24,30). The largest absolute Gasteiger partial charge is 0.383 e. The number of amides is 1. The molecule has 12 nitrogen and oxygen atoms in total. The van der Waals surface area contributed by atoms with E-state index >= 15 is 0 Å². The maximum absolute atomic E-state index is 13.3. The van der Waals surface area contributed by atoms with Crippen LogP contribution in [0.25, 0.3) is 0 Å². The smallest absolute Gasteiger partial charge is 0.330 e. The summed E-state index contributed by atoms with van der Waals surface area (Å²) in [5.74, 6) is -0.346. The monoisotopic (exact) mass is 446 g/mol. The second-order valence-corrected chi connectivity index (χ2v) is 7.92. The van der Waals surface area contributed by atoms with Crippen LogP contribution in [0.1, 0.15) is 50.8 Å². The molecule has 32 heavy (non-hydrogen) atoms. The highest BCUT2D eigenvalue weighted by Crippen LogP contribution is 2.21. The summed E-state index contributed by atoms with van der Waals surface area (Å²) in [5, 5.41) is 0. The predicted octanol–water partition coefficient (Wildman–Crippen LogP) is -0.267. The summed E-state index contributed by atoms with van der Waals surface area (Å²) in [7, 11) is 0.